The summed E-state index contributed by atoms with van der Waals surface area (Å²) < 4.78 is 32.8. The number of hydrogen-bond acceptors (Lipinski definition) is 5. The van der Waals surface area contributed by atoms with Crippen molar-refractivity contribution in [2.75, 3.05) is 36.7 Å². The fraction of sp³-hybridized carbons (Fsp3) is 0.632. The highest BCUT2D eigenvalue weighted by Gasteiger charge is 2.32. The van der Waals surface area contributed by atoms with Crippen LogP contribution in [0.5, 0.6) is 5.75 Å². The van der Waals surface area contributed by atoms with Gasteiger partial charge in [0.15, 0.2) is 0 Å². The molecule has 2 fully saturated rings. The molecule has 2 N–H and O–H groups in total. The van der Waals surface area contributed by atoms with E-state index < -0.39 is 15.8 Å². The SMILES string of the molecule is CC(C)Oc1ccc(NS(=O)(=O)CC(=O)N2CC[C@@H]3CNC[C@@H]3CC2)cc1.Cl. The van der Waals surface area contributed by atoms with E-state index in [1.165, 1.54) is 0 Å². The lowest BCUT2D eigenvalue weighted by Gasteiger charge is -2.21. The summed E-state index contributed by atoms with van der Waals surface area (Å²) >= 11 is 0. The molecule has 158 valence electrons. The van der Waals surface area contributed by atoms with Gasteiger partial charge in [-0.2, -0.15) is 0 Å². The smallest absolute Gasteiger partial charge is 0.241 e. The number of amides is 1. The average molecular weight is 432 g/mol. The van der Waals surface area contributed by atoms with E-state index >= 15 is 0 Å². The molecule has 7 nitrogen and oxygen atoms in total. The highest BCUT2D eigenvalue weighted by molar-refractivity contribution is 7.93. The van der Waals surface area contributed by atoms with Crippen molar-refractivity contribution < 1.29 is 17.9 Å². The summed E-state index contributed by atoms with van der Waals surface area (Å²) in [6, 6.07) is 6.70. The quantitative estimate of drug-likeness (QED) is 0.720. The fourth-order valence-corrected chi connectivity index (χ4v) is 4.89. The molecule has 1 aromatic carbocycles. The van der Waals surface area contributed by atoms with E-state index in [4.69, 9.17) is 4.74 Å². The van der Waals surface area contributed by atoms with Crippen LogP contribution in [0.15, 0.2) is 24.3 Å². The maximum atomic E-state index is 12.5. The molecule has 0 unspecified atom stereocenters. The third-order valence-electron chi connectivity index (χ3n) is 5.18. The summed E-state index contributed by atoms with van der Waals surface area (Å²) in [6.45, 7) is 7.13. The van der Waals surface area contributed by atoms with Crippen molar-refractivity contribution in [3.63, 3.8) is 0 Å². The summed E-state index contributed by atoms with van der Waals surface area (Å²) in [6.07, 6.45) is 1.93. The standard InChI is InChI=1S/C19H29N3O4S.ClH/c1-14(2)26-18-5-3-17(4-6-18)21-27(24,25)13-19(23)22-9-7-15-11-20-12-16(15)8-10-22;/h3-6,14-16,20-21H,7-13H2,1-2H3;1H/t15-,16+;. The maximum Gasteiger partial charge on any atom is 0.241 e. The molecule has 28 heavy (non-hydrogen) atoms. The number of anilines is 1. The number of likely N-dealkylation sites (tertiary alicyclic amines) is 1. The second-order valence-corrected chi connectivity index (χ2v) is 9.41. The molecule has 1 aromatic rings. The van der Waals surface area contributed by atoms with Gasteiger partial charge in [-0.05, 0) is 75.9 Å². The van der Waals surface area contributed by atoms with Crippen LogP contribution in [0.2, 0.25) is 0 Å². The van der Waals surface area contributed by atoms with E-state index in [1.54, 1.807) is 29.2 Å². The second-order valence-electron chi connectivity index (χ2n) is 7.69. The van der Waals surface area contributed by atoms with Crippen LogP contribution in [0.25, 0.3) is 0 Å². The van der Waals surface area contributed by atoms with Crippen LogP contribution in [0.4, 0.5) is 5.69 Å². The first-order valence-corrected chi connectivity index (χ1v) is 11.2. The van der Waals surface area contributed by atoms with E-state index in [9.17, 15) is 13.2 Å². The van der Waals surface area contributed by atoms with E-state index in [0.29, 0.717) is 36.4 Å². The number of rotatable bonds is 6. The predicted octanol–water partition coefficient (Wildman–Crippen LogP) is 2.10. The van der Waals surface area contributed by atoms with Gasteiger partial charge in [0.25, 0.3) is 0 Å². The molecule has 0 spiro atoms. The zero-order valence-electron chi connectivity index (χ0n) is 16.4. The zero-order valence-corrected chi connectivity index (χ0v) is 18.0. The van der Waals surface area contributed by atoms with Crippen molar-refractivity contribution in [2.24, 2.45) is 11.8 Å². The Morgan fingerprint density at radius 1 is 1.18 bits per heavy atom. The minimum atomic E-state index is -3.74. The monoisotopic (exact) mass is 431 g/mol. The zero-order chi connectivity index (χ0) is 19.4. The molecule has 2 aliphatic rings. The van der Waals surface area contributed by atoms with Gasteiger partial charge in [0.2, 0.25) is 15.9 Å². The van der Waals surface area contributed by atoms with Gasteiger partial charge in [-0.15, -0.1) is 12.4 Å². The Morgan fingerprint density at radius 2 is 1.75 bits per heavy atom. The van der Waals surface area contributed by atoms with Crippen LogP contribution in [0.1, 0.15) is 26.7 Å². The Morgan fingerprint density at radius 3 is 2.29 bits per heavy atom. The van der Waals surface area contributed by atoms with Gasteiger partial charge in [0.1, 0.15) is 11.5 Å². The third kappa shape index (κ3) is 6.25. The number of nitrogens with zero attached hydrogens (tertiary/aromatic N) is 1. The molecule has 3 rings (SSSR count). The molecular formula is C19H30ClN3O4S. The van der Waals surface area contributed by atoms with Crippen molar-refractivity contribution in [1.29, 1.82) is 0 Å². The Kier molecular flexibility index (Phi) is 7.97. The van der Waals surface area contributed by atoms with Gasteiger partial charge >= 0.3 is 0 Å². The van der Waals surface area contributed by atoms with Gasteiger partial charge in [-0.3, -0.25) is 9.52 Å². The Bertz CT molecular complexity index is 741. The molecule has 1 amide bonds. The molecule has 0 aromatic heterocycles. The molecule has 9 heteroatoms. The number of carbonyl (C=O) groups is 1. The van der Waals surface area contributed by atoms with Crippen molar-refractivity contribution in [3.05, 3.63) is 24.3 Å². The van der Waals surface area contributed by atoms with Gasteiger partial charge < -0.3 is 15.0 Å². The van der Waals surface area contributed by atoms with Crippen LogP contribution in [0.3, 0.4) is 0 Å². The number of halogens is 1. The van der Waals surface area contributed by atoms with Gasteiger partial charge in [-0.25, -0.2) is 8.42 Å². The molecule has 2 saturated heterocycles. The summed E-state index contributed by atoms with van der Waals surface area (Å²) in [4.78, 5) is 14.2. The first-order chi connectivity index (χ1) is 12.8. The van der Waals surface area contributed by atoms with Crippen molar-refractivity contribution in [3.8, 4) is 5.75 Å². The van der Waals surface area contributed by atoms with Gasteiger partial charge in [0, 0.05) is 18.8 Å². The molecule has 0 bridgehead atoms. The molecule has 0 aliphatic carbocycles. The number of nitrogens with one attached hydrogen (secondary N) is 2. The van der Waals surface area contributed by atoms with Crippen LogP contribution in [-0.4, -0.2) is 57.3 Å². The molecular weight excluding hydrogens is 402 g/mol. The van der Waals surface area contributed by atoms with E-state index in [-0.39, 0.29) is 24.4 Å². The van der Waals surface area contributed by atoms with Crippen molar-refractivity contribution >= 4 is 34.0 Å². The summed E-state index contributed by atoms with van der Waals surface area (Å²) in [5.41, 5.74) is 0.426. The highest BCUT2D eigenvalue weighted by Crippen LogP contribution is 2.27. The number of carbonyl (C=O) groups excluding carboxylic acids is 1. The fourth-order valence-electron chi connectivity index (χ4n) is 3.81. The summed E-state index contributed by atoms with van der Waals surface area (Å²) in [5.74, 6) is 1.03. The first kappa shape index (κ1) is 22.8. The second kappa shape index (κ2) is 9.80. The molecule has 2 aliphatic heterocycles. The number of sulfonamides is 1. The van der Waals surface area contributed by atoms with E-state index in [1.807, 2.05) is 13.8 Å². The lowest BCUT2D eigenvalue weighted by Crippen LogP contribution is -2.38. The highest BCUT2D eigenvalue weighted by atomic mass is 35.5. The average Bonchev–Trinajstić information content (AvgIpc) is 2.93. The van der Waals surface area contributed by atoms with Crippen molar-refractivity contribution in [2.45, 2.75) is 32.8 Å². The maximum absolute atomic E-state index is 12.5. The van der Waals surface area contributed by atoms with Gasteiger partial charge in [-0.1, -0.05) is 0 Å². The molecule has 0 saturated carbocycles. The predicted molar refractivity (Wildman–Crippen MR) is 113 cm³/mol. The Labute approximate surface area is 173 Å². The summed E-state index contributed by atoms with van der Waals surface area (Å²) in [7, 11) is -3.74. The Hall–Kier alpha value is -1.51. The summed E-state index contributed by atoms with van der Waals surface area (Å²) in [5, 5.41) is 3.40. The lowest BCUT2D eigenvalue weighted by atomic mass is 9.92. The largest absolute Gasteiger partial charge is 0.491 e. The molecule has 0 radical (unpaired) electrons. The number of benzene rings is 1. The lowest BCUT2D eigenvalue weighted by molar-refractivity contribution is -0.128. The molecule has 2 heterocycles. The Balaban J connectivity index is 0.00000280. The van der Waals surface area contributed by atoms with E-state index in [0.717, 1.165) is 25.9 Å². The molecule has 2 atom stereocenters. The minimum Gasteiger partial charge on any atom is -0.491 e. The number of ether oxygens (including phenoxy) is 1. The van der Waals surface area contributed by atoms with Crippen LogP contribution < -0.4 is 14.8 Å². The van der Waals surface area contributed by atoms with Crippen LogP contribution >= 0.6 is 12.4 Å². The van der Waals surface area contributed by atoms with Crippen LogP contribution in [-0.2, 0) is 14.8 Å². The third-order valence-corrected chi connectivity index (χ3v) is 6.36. The van der Waals surface area contributed by atoms with Gasteiger partial charge in [0.05, 0.1) is 6.10 Å². The minimum absolute atomic E-state index is 0. The van der Waals surface area contributed by atoms with E-state index in [2.05, 4.69) is 10.0 Å². The van der Waals surface area contributed by atoms with Crippen LogP contribution in [0, 0.1) is 11.8 Å². The van der Waals surface area contributed by atoms with Crippen molar-refractivity contribution in [1.82, 2.24) is 10.2 Å². The first-order valence-electron chi connectivity index (χ1n) is 9.58. The number of hydrogen-bond donors (Lipinski definition) is 2. The number of fused-ring (bicyclic) bond motifs is 1. The normalized spacial score (nSPS) is 22.2. The topological polar surface area (TPSA) is 87.7 Å².